The zero-order chi connectivity index (χ0) is 14.0. The van der Waals surface area contributed by atoms with E-state index in [0.29, 0.717) is 17.2 Å². The summed E-state index contributed by atoms with van der Waals surface area (Å²) in [6, 6.07) is 4.69. The van der Waals surface area contributed by atoms with Crippen LogP contribution in [0.15, 0.2) is 18.2 Å². The quantitative estimate of drug-likeness (QED) is 0.876. The highest BCUT2D eigenvalue weighted by Gasteiger charge is 2.24. The van der Waals surface area contributed by atoms with E-state index >= 15 is 0 Å². The van der Waals surface area contributed by atoms with E-state index in [2.05, 4.69) is 5.32 Å². The number of rotatable bonds is 4. The summed E-state index contributed by atoms with van der Waals surface area (Å²) < 4.78 is 0. The minimum absolute atomic E-state index is 0.202. The zero-order valence-electron chi connectivity index (χ0n) is 11.1. The van der Waals surface area contributed by atoms with Crippen LogP contribution in [0.25, 0.3) is 0 Å². The van der Waals surface area contributed by atoms with Crippen molar-refractivity contribution in [2.24, 2.45) is 5.92 Å². The van der Waals surface area contributed by atoms with Crippen molar-refractivity contribution in [2.45, 2.75) is 19.8 Å². The van der Waals surface area contributed by atoms with E-state index in [-0.39, 0.29) is 11.6 Å². The fourth-order valence-electron chi connectivity index (χ4n) is 1.92. The van der Waals surface area contributed by atoms with Gasteiger partial charge in [-0.25, -0.2) is 9.59 Å². The van der Waals surface area contributed by atoms with E-state index in [1.807, 2.05) is 0 Å². The minimum Gasteiger partial charge on any atom is -0.478 e. The molecule has 1 saturated carbocycles. The lowest BCUT2D eigenvalue weighted by Gasteiger charge is -2.18. The SMILES string of the molecule is Cc1ccc(NC(=O)N(C)CC2CC2)cc1C(=O)O. The molecule has 2 amide bonds. The number of hydrogen-bond donors (Lipinski definition) is 2. The van der Waals surface area contributed by atoms with Gasteiger partial charge in [0.15, 0.2) is 0 Å². The van der Waals surface area contributed by atoms with E-state index in [9.17, 15) is 9.59 Å². The van der Waals surface area contributed by atoms with Crippen LogP contribution >= 0.6 is 0 Å². The second-order valence-electron chi connectivity index (χ2n) is 5.09. The maximum Gasteiger partial charge on any atom is 0.336 e. The Bertz CT molecular complexity index is 509. The van der Waals surface area contributed by atoms with Gasteiger partial charge in [-0.15, -0.1) is 0 Å². The summed E-state index contributed by atoms with van der Waals surface area (Å²) in [4.78, 5) is 24.6. The van der Waals surface area contributed by atoms with E-state index in [1.54, 1.807) is 31.0 Å². The van der Waals surface area contributed by atoms with Crippen molar-refractivity contribution in [3.05, 3.63) is 29.3 Å². The Morgan fingerprint density at radius 1 is 1.42 bits per heavy atom. The van der Waals surface area contributed by atoms with Crippen molar-refractivity contribution in [2.75, 3.05) is 18.9 Å². The summed E-state index contributed by atoms with van der Waals surface area (Å²) in [6.45, 7) is 2.48. The summed E-state index contributed by atoms with van der Waals surface area (Å²) in [5, 5.41) is 11.8. The summed E-state index contributed by atoms with van der Waals surface area (Å²) in [5.74, 6) is -0.358. The topological polar surface area (TPSA) is 69.6 Å². The molecule has 2 N–H and O–H groups in total. The minimum atomic E-state index is -0.986. The third kappa shape index (κ3) is 3.47. The number of carboxylic acids is 1. The fourth-order valence-corrected chi connectivity index (χ4v) is 1.92. The molecule has 0 aromatic heterocycles. The molecule has 19 heavy (non-hydrogen) atoms. The van der Waals surface area contributed by atoms with Crippen LogP contribution in [-0.2, 0) is 0 Å². The molecule has 0 radical (unpaired) electrons. The molecule has 5 nitrogen and oxygen atoms in total. The lowest BCUT2D eigenvalue weighted by atomic mass is 10.1. The molecule has 0 atom stereocenters. The molecular formula is C14H18N2O3. The van der Waals surface area contributed by atoms with E-state index in [1.165, 1.54) is 18.9 Å². The van der Waals surface area contributed by atoms with Gasteiger partial charge in [0, 0.05) is 19.3 Å². The predicted molar refractivity (Wildman–Crippen MR) is 72.5 cm³/mol. The number of benzene rings is 1. The van der Waals surface area contributed by atoms with Crippen LogP contribution in [0.5, 0.6) is 0 Å². The molecule has 1 aromatic rings. The van der Waals surface area contributed by atoms with Crippen molar-refractivity contribution < 1.29 is 14.7 Å². The molecule has 0 aliphatic heterocycles. The lowest BCUT2D eigenvalue weighted by Crippen LogP contribution is -2.33. The number of nitrogens with zero attached hydrogens (tertiary/aromatic N) is 1. The van der Waals surface area contributed by atoms with Crippen molar-refractivity contribution >= 4 is 17.7 Å². The number of aryl methyl sites for hydroxylation is 1. The number of carbonyl (C=O) groups excluding carboxylic acids is 1. The monoisotopic (exact) mass is 262 g/mol. The molecule has 1 aromatic carbocycles. The molecule has 0 spiro atoms. The van der Waals surface area contributed by atoms with Gasteiger partial charge in [0.05, 0.1) is 5.56 Å². The summed E-state index contributed by atoms with van der Waals surface area (Å²) in [5.41, 5.74) is 1.40. The lowest BCUT2D eigenvalue weighted by molar-refractivity contribution is 0.0696. The van der Waals surface area contributed by atoms with Gasteiger partial charge in [-0.2, -0.15) is 0 Å². The highest BCUT2D eigenvalue weighted by molar-refractivity contribution is 5.94. The molecule has 1 aliphatic rings. The number of carbonyl (C=O) groups is 2. The van der Waals surface area contributed by atoms with Crippen LogP contribution in [0.3, 0.4) is 0 Å². The Labute approximate surface area is 112 Å². The second-order valence-corrected chi connectivity index (χ2v) is 5.09. The van der Waals surface area contributed by atoms with Crippen molar-refractivity contribution in [1.82, 2.24) is 4.90 Å². The molecule has 0 heterocycles. The van der Waals surface area contributed by atoms with Crippen molar-refractivity contribution in [3.8, 4) is 0 Å². The first-order chi connectivity index (χ1) is 8.97. The van der Waals surface area contributed by atoms with Gasteiger partial charge in [0.2, 0.25) is 0 Å². The summed E-state index contributed by atoms with van der Waals surface area (Å²) >= 11 is 0. The van der Waals surface area contributed by atoms with Gasteiger partial charge in [0.1, 0.15) is 0 Å². The average Bonchev–Trinajstić information content (AvgIpc) is 3.15. The smallest absolute Gasteiger partial charge is 0.336 e. The Morgan fingerprint density at radius 2 is 2.11 bits per heavy atom. The molecule has 1 fully saturated rings. The third-order valence-corrected chi connectivity index (χ3v) is 3.29. The number of carboxylic acid groups (broad SMARTS) is 1. The van der Waals surface area contributed by atoms with Crippen LogP contribution in [0.2, 0.25) is 0 Å². The first-order valence-corrected chi connectivity index (χ1v) is 6.33. The van der Waals surface area contributed by atoms with Crippen LogP contribution in [-0.4, -0.2) is 35.6 Å². The zero-order valence-corrected chi connectivity index (χ0v) is 11.1. The molecule has 5 heteroatoms. The first kappa shape index (κ1) is 13.4. The summed E-state index contributed by atoms with van der Waals surface area (Å²) in [7, 11) is 1.75. The molecular weight excluding hydrogens is 244 g/mol. The maximum absolute atomic E-state index is 11.9. The standard InChI is InChI=1S/C14H18N2O3/c1-9-3-6-11(7-12(9)13(17)18)15-14(19)16(2)8-10-4-5-10/h3,6-7,10H,4-5,8H2,1-2H3,(H,15,19)(H,17,18). The molecule has 0 bridgehead atoms. The maximum atomic E-state index is 11.9. The van der Waals surface area contributed by atoms with Gasteiger partial charge >= 0.3 is 12.0 Å². The summed E-state index contributed by atoms with van der Waals surface area (Å²) in [6.07, 6.45) is 2.37. The molecule has 2 rings (SSSR count). The van der Waals surface area contributed by atoms with Gasteiger partial charge in [-0.3, -0.25) is 0 Å². The fraction of sp³-hybridized carbons (Fsp3) is 0.429. The first-order valence-electron chi connectivity index (χ1n) is 6.33. The Kier molecular flexibility index (Phi) is 3.74. The predicted octanol–water partition coefficient (Wildman–Crippen LogP) is 2.57. The van der Waals surface area contributed by atoms with E-state index in [4.69, 9.17) is 5.11 Å². The Balaban J connectivity index is 2.03. The van der Waals surface area contributed by atoms with Crippen LogP contribution < -0.4 is 5.32 Å². The number of hydrogen-bond acceptors (Lipinski definition) is 2. The number of aromatic carboxylic acids is 1. The number of urea groups is 1. The molecule has 0 unspecified atom stereocenters. The molecule has 1 aliphatic carbocycles. The largest absolute Gasteiger partial charge is 0.478 e. The highest BCUT2D eigenvalue weighted by Crippen LogP contribution is 2.29. The molecule has 102 valence electrons. The average molecular weight is 262 g/mol. The Hall–Kier alpha value is -2.04. The van der Waals surface area contributed by atoms with E-state index in [0.717, 1.165) is 6.54 Å². The van der Waals surface area contributed by atoms with Gasteiger partial charge in [-0.05, 0) is 43.4 Å². The van der Waals surface area contributed by atoms with Gasteiger partial charge in [0.25, 0.3) is 0 Å². The second kappa shape index (κ2) is 5.30. The van der Waals surface area contributed by atoms with Crippen LogP contribution in [0.1, 0.15) is 28.8 Å². The van der Waals surface area contributed by atoms with Gasteiger partial charge in [-0.1, -0.05) is 6.07 Å². The third-order valence-electron chi connectivity index (χ3n) is 3.29. The number of amides is 2. The van der Waals surface area contributed by atoms with Crippen molar-refractivity contribution in [3.63, 3.8) is 0 Å². The Morgan fingerprint density at radius 3 is 2.68 bits per heavy atom. The van der Waals surface area contributed by atoms with Crippen LogP contribution in [0.4, 0.5) is 10.5 Å². The van der Waals surface area contributed by atoms with Gasteiger partial charge < -0.3 is 15.3 Å². The van der Waals surface area contributed by atoms with Crippen molar-refractivity contribution in [1.29, 1.82) is 0 Å². The molecule has 0 saturated heterocycles. The van der Waals surface area contributed by atoms with Crippen LogP contribution in [0, 0.1) is 12.8 Å². The highest BCUT2D eigenvalue weighted by atomic mass is 16.4. The number of nitrogens with one attached hydrogen (secondary N) is 1. The van der Waals surface area contributed by atoms with E-state index < -0.39 is 5.97 Å². The number of anilines is 1. The normalized spacial score (nSPS) is 14.0.